The zero-order valence-corrected chi connectivity index (χ0v) is 16.2. The first kappa shape index (κ1) is 19.4. The van der Waals surface area contributed by atoms with Crippen LogP contribution in [0.2, 0.25) is 0 Å². The number of nitriles is 1. The largest absolute Gasteiger partial charge is 0.322 e. The summed E-state index contributed by atoms with van der Waals surface area (Å²) >= 11 is 0. The van der Waals surface area contributed by atoms with E-state index in [1.54, 1.807) is 15.8 Å². The van der Waals surface area contributed by atoms with Crippen LogP contribution in [0.25, 0.3) is 0 Å². The molecule has 2 fully saturated rings. The number of carbonyl (C=O) groups is 2. The highest BCUT2D eigenvalue weighted by Gasteiger charge is 2.54. The lowest BCUT2D eigenvalue weighted by molar-refractivity contribution is -0.117. The van der Waals surface area contributed by atoms with Gasteiger partial charge in [-0.25, -0.2) is 18.0 Å². The quantitative estimate of drug-likeness (QED) is 0.742. The Balaban J connectivity index is 1.42. The predicted octanol–water partition coefficient (Wildman–Crippen LogP) is 2.76. The van der Waals surface area contributed by atoms with E-state index in [1.807, 2.05) is 0 Å². The molecule has 1 saturated carbocycles. The van der Waals surface area contributed by atoms with Gasteiger partial charge in [0, 0.05) is 30.8 Å². The highest BCUT2D eigenvalue weighted by Crippen LogP contribution is 2.48. The zero-order valence-electron chi connectivity index (χ0n) is 16.2. The number of aromatic nitrogens is 2. The molecule has 1 unspecified atom stereocenters. The van der Waals surface area contributed by atoms with Crippen LogP contribution < -0.4 is 10.2 Å². The molecule has 1 aromatic heterocycles. The Labute approximate surface area is 174 Å². The Kier molecular flexibility index (Phi) is 4.22. The summed E-state index contributed by atoms with van der Waals surface area (Å²) in [6.07, 6.45) is 3.17. The second kappa shape index (κ2) is 6.73. The van der Waals surface area contributed by atoms with Crippen LogP contribution in [0.15, 0.2) is 18.3 Å². The molecule has 3 heterocycles. The van der Waals surface area contributed by atoms with Crippen molar-refractivity contribution in [1.82, 2.24) is 14.7 Å². The number of urea groups is 1. The summed E-state index contributed by atoms with van der Waals surface area (Å²) in [5.41, 5.74) is 0.538. The van der Waals surface area contributed by atoms with Gasteiger partial charge in [0.25, 0.3) is 0 Å². The van der Waals surface area contributed by atoms with E-state index in [1.165, 1.54) is 4.90 Å². The summed E-state index contributed by atoms with van der Waals surface area (Å²) in [6.45, 7) is 0.819. The van der Waals surface area contributed by atoms with E-state index in [4.69, 9.17) is 5.26 Å². The number of nitrogens with zero attached hydrogens (tertiary/aromatic N) is 5. The highest BCUT2D eigenvalue weighted by molar-refractivity contribution is 5.97. The third kappa shape index (κ3) is 3.10. The molecule has 1 atom stereocenters. The maximum atomic E-state index is 13.5. The average molecular weight is 430 g/mol. The minimum Gasteiger partial charge on any atom is -0.311 e. The Bertz CT molecular complexity index is 1130. The van der Waals surface area contributed by atoms with E-state index in [0.29, 0.717) is 17.9 Å². The van der Waals surface area contributed by atoms with Crippen molar-refractivity contribution in [2.45, 2.75) is 37.9 Å². The van der Waals surface area contributed by atoms with Gasteiger partial charge in [-0.2, -0.15) is 10.4 Å². The molecule has 3 aliphatic rings. The lowest BCUT2D eigenvalue weighted by Gasteiger charge is -2.37. The molecular formula is C20H17F3N6O2. The van der Waals surface area contributed by atoms with Crippen LogP contribution in [0.3, 0.4) is 0 Å². The van der Waals surface area contributed by atoms with Crippen LogP contribution in [0.4, 0.5) is 29.3 Å². The van der Waals surface area contributed by atoms with Crippen LogP contribution in [-0.4, -0.2) is 38.7 Å². The van der Waals surface area contributed by atoms with Crippen molar-refractivity contribution >= 4 is 23.3 Å². The molecule has 31 heavy (non-hydrogen) atoms. The van der Waals surface area contributed by atoms with Crippen molar-refractivity contribution in [3.8, 4) is 6.07 Å². The molecule has 11 heteroatoms. The smallest absolute Gasteiger partial charge is 0.311 e. The Morgan fingerprint density at radius 2 is 1.97 bits per heavy atom. The van der Waals surface area contributed by atoms with Crippen molar-refractivity contribution < 1.29 is 22.8 Å². The normalized spacial score (nSPS) is 21.2. The molecule has 0 bridgehead atoms. The molecule has 1 aliphatic carbocycles. The molecule has 2 aliphatic heterocycles. The molecule has 8 nitrogen and oxygen atoms in total. The van der Waals surface area contributed by atoms with E-state index >= 15 is 0 Å². The average Bonchev–Trinajstić information content (AvgIpc) is 3.21. The van der Waals surface area contributed by atoms with Crippen LogP contribution >= 0.6 is 0 Å². The van der Waals surface area contributed by atoms with Crippen LogP contribution in [0, 0.1) is 34.7 Å². The van der Waals surface area contributed by atoms with Crippen molar-refractivity contribution in [2.24, 2.45) is 5.92 Å². The van der Waals surface area contributed by atoms with Crippen LogP contribution in [0.1, 0.15) is 25.0 Å². The highest BCUT2D eigenvalue weighted by atomic mass is 19.2. The van der Waals surface area contributed by atoms with Crippen molar-refractivity contribution in [3.63, 3.8) is 0 Å². The fourth-order valence-electron chi connectivity index (χ4n) is 4.31. The third-order valence-electron chi connectivity index (χ3n) is 6.16. The topological polar surface area (TPSA) is 94.3 Å². The monoisotopic (exact) mass is 430 g/mol. The maximum Gasteiger partial charge on any atom is 0.322 e. The lowest BCUT2D eigenvalue weighted by Crippen LogP contribution is -2.50. The summed E-state index contributed by atoms with van der Waals surface area (Å²) in [5.74, 6) is -4.97. The van der Waals surface area contributed by atoms with Gasteiger partial charge in [-0.1, -0.05) is 0 Å². The van der Waals surface area contributed by atoms with Crippen LogP contribution in [0.5, 0.6) is 0 Å². The van der Waals surface area contributed by atoms with Gasteiger partial charge in [0.15, 0.2) is 17.5 Å². The number of halogens is 3. The number of hydrogen-bond acceptors (Lipinski definition) is 4. The second-order valence-electron chi connectivity index (χ2n) is 8.16. The van der Waals surface area contributed by atoms with Gasteiger partial charge in [-0.3, -0.25) is 9.48 Å². The van der Waals surface area contributed by atoms with E-state index in [0.717, 1.165) is 25.0 Å². The van der Waals surface area contributed by atoms with Gasteiger partial charge >= 0.3 is 6.03 Å². The number of nitrogens with one attached hydrogen (secondary N) is 1. The van der Waals surface area contributed by atoms with E-state index < -0.39 is 34.9 Å². The van der Waals surface area contributed by atoms with Gasteiger partial charge in [-0.05, 0) is 12.8 Å². The second-order valence-corrected chi connectivity index (χ2v) is 8.16. The fraction of sp³-hybridized carbons (Fsp3) is 0.400. The summed E-state index contributed by atoms with van der Waals surface area (Å²) in [7, 11) is 0. The third-order valence-corrected chi connectivity index (χ3v) is 6.16. The summed E-state index contributed by atoms with van der Waals surface area (Å²) in [5, 5.41) is 16.0. The van der Waals surface area contributed by atoms with Gasteiger partial charge in [0.05, 0.1) is 48.2 Å². The van der Waals surface area contributed by atoms with Gasteiger partial charge in [0.1, 0.15) is 0 Å². The molecule has 1 saturated heterocycles. The van der Waals surface area contributed by atoms with Gasteiger partial charge < -0.3 is 15.1 Å². The first-order valence-electron chi connectivity index (χ1n) is 9.79. The number of benzene rings is 1. The molecule has 3 amide bonds. The van der Waals surface area contributed by atoms with E-state index in [-0.39, 0.29) is 31.1 Å². The number of rotatable bonds is 2. The number of fused-ring (bicyclic) bond motifs is 1. The molecule has 1 spiro atoms. The van der Waals surface area contributed by atoms with Crippen molar-refractivity contribution in [3.05, 3.63) is 41.5 Å². The molecule has 2 aromatic rings. The standard InChI is InChI=1S/C20H17F3N6O2/c21-13-4-12(5-14(22)18(13)23)26-19(31)28-9-16-15(27-8-11(6-24)3-17(27)30)7-25-29(16)10-20(28)1-2-20/h4-5,7,11H,1-3,8-10H2,(H,26,31). The molecule has 0 radical (unpaired) electrons. The minimum absolute atomic E-state index is 0.133. The maximum absolute atomic E-state index is 13.5. The molecule has 1 N–H and O–H groups in total. The van der Waals surface area contributed by atoms with E-state index in [9.17, 15) is 22.8 Å². The number of hydrogen-bond donors (Lipinski definition) is 1. The Morgan fingerprint density at radius 1 is 1.26 bits per heavy atom. The molecule has 5 rings (SSSR count). The van der Waals surface area contributed by atoms with Gasteiger partial charge in [0.2, 0.25) is 5.91 Å². The number of anilines is 2. The minimum atomic E-state index is -1.60. The fourth-order valence-corrected chi connectivity index (χ4v) is 4.31. The Hall–Kier alpha value is -3.55. The SMILES string of the molecule is N#CC1CC(=O)N(c2cnn3c2CN(C(=O)Nc2cc(F)c(F)c(F)c2)C2(CC2)C3)C1. The van der Waals surface area contributed by atoms with Crippen molar-refractivity contribution in [2.75, 3.05) is 16.8 Å². The molecule has 1 aromatic carbocycles. The number of amides is 3. The van der Waals surface area contributed by atoms with E-state index in [2.05, 4.69) is 16.5 Å². The summed E-state index contributed by atoms with van der Waals surface area (Å²) in [6, 6.07) is 2.97. The predicted molar refractivity (Wildman–Crippen MR) is 101 cm³/mol. The van der Waals surface area contributed by atoms with Crippen LogP contribution in [-0.2, 0) is 17.9 Å². The first-order chi connectivity index (χ1) is 14.8. The number of carbonyl (C=O) groups excluding carboxylic acids is 2. The van der Waals surface area contributed by atoms with Crippen molar-refractivity contribution in [1.29, 1.82) is 5.26 Å². The summed E-state index contributed by atoms with van der Waals surface area (Å²) < 4.78 is 42.0. The van der Waals surface area contributed by atoms with Gasteiger partial charge in [-0.15, -0.1) is 0 Å². The first-order valence-corrected chi connectivity index (χ1v) is 9.79. The lowest BCUT2D eigenvalue weighted by atomic mass is 10.1. The Morgan fingerprint density at radius 3 is 2.58 bits per heavy atom. The summed E-state index contributed by atoms with van der Waals surface area (Å²) in [4.78, 5) is 28.4. The zero-order chi connectivity index (χ0) is 21.9. The molecular weight excluding hydrogens is 413 g/mol. The molecule has 160 valence electrons.